The van der Waals surface area contributed by atoms with Gasteiger partial charge in [-0.1, -0.05) is 0 Å². The number of nitrogens with one attached hydrogen (secondary N) is 1. The minimum absolute atomic E-state index is 0.0104. The predicted octanol–water partition coefficient (Wildman–Crippen LogP) is 2.52. The van der Waals surface area contributed by atoms with Crippen LogP contribution in [-0.4, -0.2) is 38.3 Å². The molecular formula is C21H21N5O2. The van der Waals surface area contributed by atoms with Crippen molar-refractivity contribution in [3.8, 4) is 0 Å². The standard InChI is InChI=1S/C21H21N5O2/c1-25(12-16-13-26(2)21-17(16)4-3-9-22-21)19(28)8-5-14-10-15-6-7-18(27)24-20(15)23-11-14/h3-5,8-11,13H,6-7,12H2,1-2H3,(H,23,24,27)/b8-5+. The molecule has 4 rings (SSSR count). The second kappa shape index (κ2) is 7.26. The van der Waals surface area contributed by atoms with Crippen LogP contribution in [0.5, 0.6) is 0 Å². The van der Waals surface area contributed by atoms with E-state index >= 15 is 0 Å². The fourth-order valence-corrected chi connectivity index (χ4v) is 3.41. The Labute approximate surface area is 162 Å². The lowest BCUT2D eigenvalue weighted by Crippen LogP contribution is -2.24. The Balaban J connectivity index is 1.46. The summed E-state index contributed by atoms with van der Waals surface area (Å²) in [4.78, 5) is 34.3. The molecule has 142 valence electrons. The molecule has 0 saturated heterocycles. The number of nitrogens with zero attached hydrogens (tertiary/aromatic N) is 4. The van der Waals surface area contributed by atoms with Gasteiger partial charge in [0.2, 0.25) is 11.8 Å². The third kappa shape index (κ3) is 3.51. The first-order chi connectivity index (χ1) is 13.5. The van der Waals surface area contributed by atoms with Crippen molar-refractivity contribution < 1.29 is 9.59 Å². The van der Waals surface area contributed by atoms with Crippen molar-refractivity contribution in [1.29, 1.82) is 0 Å². The molecule has 3 aromatic rings. The quantitative estimate of drug-likeness (QED) is 0.711. The molecule has 7 heteroatoms. The molecule has 0 radical (unpaired) electrons. The van der Waals surface area contributed by atoms with Gasteiger partial charge in [-0.3, -0.25) is 9.59 Å². The number of amides is 2. The molecule has 0 saturated carbocycles. The number of hydrogen-bond acceptors (Lipinski definition) is 4. The number of carbonyl (C=O) groups is 2. The molecule has 0 aromatic carbocycles. The molecule has 1 N–H and O–H groups in total. The summed E-state index contributed by atoms with van der Waals surface area (Å²) in [5.41, 5.74) is 3.79. The van der Waals surface area contributed by atoms with Crippen LogP contribution in [-0.2, 0) is 29.6 Å². The van der Waals surface area contributed by atoms with Crippen molar-refractivity contribution in [3.05, 3.63) is 59.6 Å². The second-order valence-corrected chi connectivity index (χ2v) is 6.99. The van der Waals surface area contributed by atoms with Gasteiger partial charge in [-0.15, -0.1) is 0 Å². The Morgan fingerprint density at radius 1 is 1.36 bits per heavy atom. The Kier molecular flexibility index (Phi) is 4.65. The zero-order chi connectivity index (χ0) is 19.7. The first kappa shape index (κ1) is 17.9. The van der Waals surface area contributed by atoms with Crippen LogP contribution in [0.25, 0.3) is 17.1 Å². The highest BCUT2D eigenvalue weighted by Crippen LogP contribution is 2.22. The summed E-state index contributed by atoms with van der Waals surface area (Å²) in [6.45, 7) is 0.501. The number of aryl methyl sites for hydroxylation is 2. The Bertz CT molecular complexity index is 1100. The lowest BCUT2D eigenvalue weighted by Gasteiger charge is -2.16. The number of anilines is 1. The van der Waals surface area contributed by atoms with E-state index < -0.39 is 0 Å². The molecule has 7 nitrogen and oxygen atoms in total. The summed E-state index contributed by atoms with van der Waals surface area (Å²) in [6, 6.07) is 5.88. The monoisotopic (exact) mass is 375 g/mol. The van der Waals surface area contributed by atoms with Gasteiger partial charge in [-0.2, -0.15) is 0 Å². The summed E-state index contributed by atoms with van der Waals surface area (Å²) in [5, 5.41) is 3.81. The zero-order valence-corrected chi connectivity index (χ0v) is 15.8. The van der Waals surface area contributed by atoms with E-state index in [1.165, 1.54) is 0 Å². The minimum Gasteiger partial charge on any atom is -0.338 e. The topological polar surface area (TPSA) is 80.1 Å². The molecule has 1 aliphatic rings. The van der Waals surface area contributed by atoms with Gasteiger partial charge < -0.3 is 14.8 Å². The maximum absolute atomic E-state index is 12.5. The fraction of sp³-hybridized carbons (Fsp3) is 0.238. The molecule has 0 aliphatic carbocycles. The van der Waals surface area contributed by atoms with Crippen molar-refractivity contribution in [3.63, 3.8) is 0 Å². The van der Waals surface area contributed by atoms with E-state index in [9.17, 15) is 9.59 Å². The van der Waals surface area contributed by atoms with E-state index in [1.54, 1.807) is 36.5 Å². The van der Waals surface area contributed by atoms with Crippen LogP contribution in [0.1, 0.15) is 23.1 Å². The first-order valence-electron chi connectivity index (χ1n) is 9.12. The molecule has 0 atom stereocenters. The molecule has 28 heavy (non-hydrogen) atoms. The number of likely N-dealkylation sites (N-methyl/N-ethyl adjacent to an activating group) is 1. The van der Waals surface area contributed by atoms with E-state index in [1.807, 2.05) is 36.0 Å². The van der Waals surface area contributed by atoms with Crippen LogP contribution in [0.15, 0.2) is 42.9 Å². The Hall–Kier alpha value is -3.48. The summed E-state index contributed by atoms with van der Waals surface area (Å²) in [7, 11) is 3.73. The van der Waals surface area contributed by atoms with Crippen LogP contribution in [0, 0.1) is 0 Å². The molecule has 0 fully saturated rings. The van der Waals surface area contributed by atoms with E-state index in [2.05, 4.69) is 15.3 Å². The van der Waals surface area contributed by atoms with Crippen molar-refractivity contribution in [2.75, 3.05) is 12.4 Å². The third-order valence-corrected chi connectivity index (χ3v) is 4.89. The number of rotatable bonds is 4. The van der Waals surface area contributed by atoms with Gasteiger partial charge >= 0.3 is 0 Å². The number of aromatic nitrogens is 3. The minimum atomic E-state index is -0.0908. The highest BCUT2D eigenvalue weighted by molar-refractivity contribution is 5.94. The maximum atomic E-state index is 12.5. The van der Waals surface area contributed by atoms with Gasteiger partial charge in [0.05, 0.1) is 0 Å². The fourth-order valence-electron chi connectivity index (χ4n) is 3.41. The van der Waals surface area contributed by atoms with Crippen LogP contribution < -0.4 is 5.32 Å². The number of carbonyl (C=O) groups excluding carboxylic acids is 2. The summed E-state index contributed by atoms with van der Waals surface area (Å²) >= 11 is 0. The zero-order valence-electron chi connectivity index (χ0n) is 15.8. The van der Waals surface area contributed by atoms with Gasteiger partial charge in [-0.05, 0) is 47.4 Å². The van der Waals surface area contributed by atoms with Gasteiger partial charge in [0.15, 0.2) is 0 Å². The van der Waals surface area contributed by atoms with Crippen molar-refractivity contribution >= 4 is 34.7 Å². The Morgan fingerprint density at radius 3 is 3.07 bits per heavy atom. The van der Waals surface area contributed by atoms with Gasteiger partial charge in [0.1, 0.15) is 11.5 Å². The number of hydrogen-bond donors (Lipinski definition) is 1. The molecular weight excluding hydrogens is 354 g/mol. The van der Waals surface area contributed by atoms with Crippen molar-refractivity contribution in [1.82, 2.24) is 19.4 Å². The van der Waals surface area contributed by atoms with Gasteiger partial charge in [-0.25, -0.2) is 9.97 Å². The number of pyridine rings is 2. The third-order valence-electron chi connectivity index (χ3n) is 4.89. The molecule has 2 amide bonds. The average molecular weight is 375 g/mol. The van der Waals surface area contributed by atoms with Gasteiger partial charge in [0, 0.05) is 57.1 Å². The van der Waals surface area contributed by atoms with Crippen LogP contribution in [0.2, 0.25) is 0 Å². The van der Waals surface area contributed by atoms with E-state index in [0.717, 1.165) is 27.7 Å². The average Bonchev–Trinajstić information content (AvgIpc) is 3.01. The molecule has 0 unspecified atom stereocenters. The summed E-state index contributed by atoms with van der Waals surface area (Å²) in [6.07, 6.45) is 9.86. The van der Waals surface area contributed by atoms with Crippen LogP contribution in [0.3, 0.4) is 0 Å². The second-order valence-electron chi connectivity index (χ2n) is 6.99. The van der Waals surface area contributed by atoms with E-state index in [-0.39, 0.29) is 11.8 Å². The normalized spacial score (nSPS) is 13.6. The van der Waals surface area contributed by atoms with Crippen molar-refractivity contribution in [2.24, 2.45) is 7.05 Å². The molecule has 0 spiro atoms. The van der Waals surface area contributed by atoms with Gasteiger partial charge in [0.25, 0.3) is 0 Å². The molecule has 4 heterocycles. The van der Waals surface area contributed by atoms with Crippen LogP contribution >= 0.6 is 0 Å². The lowest BCUT2D eigenvalue weighted by atomic mass is 10.0. The van der Waals surface area contributed by atoms with Crippen molar-refractivity contribution in [2.45, 2.75) is 19.4 Å². The maximum Gasteiger partial charge on any atom is 0.246 e. The first-order valence-corrected chi connectivity index (χ1v) is 9.12. The summed E-state index contributed by atoms with van der Waals surface area (Å²) < 4.78 is 1.97. The SMILES string of the molecule is CN(Cc1cn(C)c2ncccc12)C(=O)/C=C/c1cnc2c(c1)CCC(=O)N2. The molecule has 0 bridgehead atoms. The smallest absolute Gasteiger partial charge is 0.246 e. The highest BCUT2D eigenvalue weighted by atomic mass is 16.2. The highest BCUT2D eigenvalue weighted by Gasteiger charge is 2.16. The largest absolute Gasteiger partial charge is 0.338 e. The Morgan fingerprint density at radius 2 is 2.21 bits per heavy atom. The summed E-state index contributed by atoms with van der Waals surface area (Å²) in [5.74, 6) is 0.511. The molecule has 1 aliphatic heterocycles. The molecule has 3 aromatic heterocycles. The van der Waals surface area contributed by atoms with Crippen LogP contribution in [0.4, 0.5) is 5.82 Å². The van der Waals surface area contributed by atoms with E-state index in [0.29, 0.717) is 25.2 Å². The van der Waals surface area contributed by atoms with E-state index in [4.69, 9.17) is 0 Å². The lowest BCUT2D eigenvalue weighted by molar-refractivity contribution is -0.125. The predicted molar refractivity (Wildman–Crippen MR) is 107 cm³/mol. The number of fused-ring (bicyclic) bond motifs is 2.